The van der Waals surface area contributed by atoms with E-state index in [1.54, 1.807) is 19.1 Å². The Labute approximate surface area is 121 Å². The SMILES string of the molecule is Cc1cc(S(=O)(=O)Nc2ccc(Cl)cn2)ccc1Cl. The van der Waals surface area contributed by atoms with E-state index in [2.05, 4.69) is 9.71 Å². The van der Waals surface area contributed by atoms with Crippen LogP contribution in [-0.4, -0.2) is 13.4 Å². The molecule has 0 bridgehead atoms. The van der Waals surface area contributed by atoms with Crippen molar-refractivity contribution in [1.29, 1.82) is 0 Å². The van der Waals surface area contributed by atoms with E-state index in [9.17, 15) is 8.42 Å². The number of nitrogens with zero attached hydrogens (tertiary/aromatic N) is 1. The maximum Gasteiger partial charge on any atom is 0.263 e. The van der Waals surface area contributed by atoms with Crippen LogP contribution in [0.15, 0.2) is 41.4 Å². The van der Waals surface area contributed by atoms with Gasteiger partial charge in [-0.05, 0) is 42.8 Å². The van der Waals surface area contributed by atoms with Gasteiger partial charge in [0.2, 0.25) is 0 Å². The second-order valence-corrected chi connectivity index (χ2v) is 6.40. The van der Waals surface area contributed by atoms with Gasteiger partial charge in [-0.1, -0.05) is 23.2 Å². The number of rotatable bonds is 3. The van der Waals surface area contributed by atoms with E-state index in [1.807, 2.05) is 0 Å². The highest BCUT2D eigenvalue weighted by atomic mass is 35.5. The number of sulfonamides is 1. The molecule has 1 heterocycles. The molecule has 0 aliphatic rings. The molecule has 0 unspecified atom stereocenters. The lowest BCUT2D eigenvalue weighted by molar-refractivity contribution is 0.601. The van der Waals surface area contributed by atoms with Crippen LogP contribution >= 0.6 is 23.2 Å². The Balaban J connectivity index is 2.32. The summed E-state index contributed by atoms with van der Waals surface area (Å²) in [5.41, 5.74) is 0.689. The minimum absolute atomic E-state index is 0.131. The molecule has 0 fully saturated rings. The first kappa shape index (κ1) is 14.1. The Hall–Kier alpha value is -1.30. The highest BCUT2D eigenvalue weighted by molar-refractivity contribution is 7.92. The Morgan fingerprint density at radius 3 is 2.47 bits per heavy atom. The number of aryl methyl sites for hydroxylation is 1. The predicted molar refractivity (Wildman–Crippen MR) is 76.2 cm³/mol. The summed E-state index contributed by atoms with van der Waals surface area (Å²) in [5, 5.41) is 0.953. The van der Waals surface area contributed by atoms with Gasteiger partial charge in [-0.25, -0.2) is 13.4 Å². The van der Waals surface area contributed by atoms with Gasteiger partial charge < -0.3 is 0 Å². The van der Waals surface area contributed by atoms with E-state index < -0.39 is 10.0 Å². The van der Waals surface area contributed by atoms with E-state index in [4.69, 9.17) is 23.2 Å². The van der Waals surface area contributed by atoms with E-state index in [1.165, 1.54) is 24.4 Å². The monoisotopic (exact) mass is 316 g/mol. The number of hydrogen-bond acceptors (Lipinski definition) is 3. The quantitative estimate of drug-likeness (QED) is 0.942. The number of benzene rings is 1. The van der Waals surface area contributed by atoms with Gasteiger partial charge >= 0.3 is 0 Å². The van der Waals surface area contributed by atoms with Crippen molar-refractivity contribution in [2.24, 2.45) is 0 Å². The van der Waals surface area contributed by atoms with Crippen LogP contribution in [0.25, 0.3) is 0 Å². The molecule has 2 aromatic rings. The van der Waals surface area contributed by atoms with Crippen LogP contribution in [0.2, 0.25) is 10.0 Å². The number of aromatic nitrogens is 1. The fraction of sp³-hybridized carbons (Fsp3) is 0.0833. The summed E-state index contributed by atoms with van der Waals surface area (Å²) in [6.07, 6.45) is 1.37. The van der Waals surface area contributed by atoms with Crippen LogP contribution in [0.1, 0.15) is 5.56 Å². The Morgan fingerprint density at radius 2 is 1.89 bits per heavy atom. The first-order valence-corrected chi connectivity index (χ1v) is 7.53. The first-order valence-electron chi connectivity index (χ1n) is 5.29. The number of halogens is 2. The Morgan fingerprint density at radius 1 is 1.16 bits per heavy atom. The van der Waals surface area contributed by atoms with Crippen LogP contribution in [0.3, 0.4) is 0 Å². The molecule has 1 aromatic carbocycles. The lowest BCUT2D eigenvalue weighted by Gasteiger charge is -2.08. The molecule has 0 radical (unpaired) electrons. The molecule has 0 saturated carbocycles. The second-order valence-electron chi connectivity index (χ2n) is 3.88. The molecule has 2 rings (SSSR count). The highest BCUT2D eigenvalue weighted by Crippen LogP contribution is 2.21. The number of anilines is 1. The van der Waals surface area contributed by atoms with Crippen LogP contribution < -0.4 is 4.72 Å². The van der Waals surface area contributed by atoms with E-state index in [0.29, 0.717) is 15.6 Å². The van der Waals surface area contributed by atoms with Gasteiger partial charge in [-0.2, -0.15) is 0 Å². The van der Waals surface area contributed by atoms with Crippen LogP contribution in [0.4, 0.5) is 5.82 Å². The minimum atomic E-state index is -3.68. The van der Waals surface area contributed by atoms with Gasteiger partial charge in [0.05, 0.1) is 9.92 Å². The molecule has 0 atom stereocenters. The minimum Gasteiger partial charge on any atom is -0.263 e. The molecule has 100 valence electrons. The van der Waals surface area contributed by atoms with Crippen LogP contribution in [0, 0.1) is 6.92 Å². The van der Waals surface area contributed by atoms with Crippen molar-refractivity contribution in [2.45, 2.75) is 11.8 Å². The van der Waals surface area contributed by atoms with Crippen molar-refractivity contribution in [2.75, 3.05) is 4.72 Å². The summed E-state index contributed by atoms with van der Waals surface area (Å²) in [6.45, 7) is 1.74. The van der Waals surface area contributed by atoms with E-state index in [0.717, 1.165) is 0 Å². The third-order valence-electron chi connectivity index (χ3n) is 2.41. The average molecular weight is 317 g/mol. The smallest absolute Gasteiger partial charge is 0.263 e. The molecule has 0 aliphatic carbocycles. The molecular formula is C12H10Cl2N2O2S. The Bertz CT molecular complexity index is 700. The lowest BCUT2D eigenvalue weighted by Crippen LogP contribution is -2.13. The van der Waals surface area contributed by atoms with Crippen molar-refractivity contribution < 1.29 is 8.42 Å². The molecular weight excluding hydrogens is 307 g/mol. The maximum atomic E-state index is 12.1. The summed E-state index contributed by atoms with van der Waals surface area (Å²) in [7, 11) is -3.68. The van der Waals surface area contributed by atoms with Gasteiger partial charge in [-0.3, -0.25) is 4.72 Å². The molecule has 7 heteroatoms. The summed E-state index contributed by atoms with van der Waals surface area (Å²) in [6, 6.07) is 7.52. The molecule has 0 spiro atoms. The molecule has 1 aromatic heterocycles. The standard InChI is InChI=1S/C12H10Cl2N2O2S/c1-8-6-10(3-4-11(8)14)19(17,18)16-12-5-2-9(13)7-15-12/h2-7H,1H3,(H,15,16). The number of nitrogens with one attached hydrogen (secondary N) is 1. The van der Waals surface area contributed by atoms with Crippen molar-refractivity contribution >= 4 is 39.0 Å². The molecule has 0 aliphatic heterocycles. The zero-order chi connectivity index (χ0) is 14.0. The van der Waals surface area contributed by atoms with Crippen LogP contribution in [0.5, 0.6) is 0 Å². The number of hydrogen-bond donors (Lipinski definition) is 1. The van der Waals surface area contributed by atoms with E-state index in [-0.39, 0.29) is 10.7 Å². The van der Waals surface area contributed by atoms with Crippen molar-refractivity contribution in [1.82, 2.24) is 4.98 Å². The van der Waals surface area contributed by atoms with Crippen molar-refractivity contribution in [3.63, 3.8) is 0 Å². The van der Waals surface area contributed by atoms with Gasteiger partial charge in [0.25, 0.3) is 10.0 Å². The van der Waals surface area contributed by atoms with Crippen LogP contribution in [-0.2, 0) is 10.0 Å². The molecule has 1 N–H and O–H groups in total. The zero-order valence-electron chi connectivity index (χ0n) is 9.89. The largest absolute Gasteiger partial charge is 0.263 e. The lowest BCUT2D eigenvalue weighted by atomic mass is 10.2. The Kier molecular flexibility index (Phi) is 3.99. The van der Waals surface area contributed by atoms with Gasteiger partial charge in [0, 0.05) is 11.2 Å². The van der Waals surface area contributed by atoms with Gasteiger partial charge in [0.1, 0.15) is 5.82 Å². The maximum absolute atomic E-state index is 12.1. The third-order valence-corrected chi connectivity index (χ3v) is 4.41. The average Bonchev–Trinajstić information content (AvgIpc) is 2.35. The fourth-order valence-electron chi connectivity index (χ4n) is 1.42. The highest BCUT2D eigenvalue weighted by Gasteiger charge is 2.15. The topological polar surface area (TPSA) is 59.1 Å². The normalized spacial score (nSPS) is 11.3. The second kappa shape index (κ2) is 5.36. The summed E-state index contributed by atoms with van der Waals surface area (Å²) >= 11 is 11.5. The summed E-state index contributed by atoms with van der Waals surface area (Å²) in [4.78, 5) is 4.01. The molecule has 4 nitrogen and oxygen atoms in total. The third kappa shape index (κ3) is 3.37. The number of pyridine rings is 1. The summed E-state index contributed by atoms with van der Waals surface area (Å²) in [5.74, 6) is 0.206. The first-order chi connectivity index (χ1) is 8.88. The summed E-state index contributed by atoms with van der Waals surface area (Å²) < 4.78 is 26.6. The van der Waals surface area contributed by atoms with Crippen molar-refractivity contribution in [3.8, 4) is 0 Å². The zero-order valence-corrected chi connectivity index (χ0v) is 12.2. The van der Waals surface area contributed by atoms with E-state index >= 15 is 0 Å². The molecule has 0 amide bonds. The van der Waals surface area contributed by atoms with Gasteiger partial charge in [-0.15, -0.1) is 0 Å². The van der Waals surface area contributed by atoms with Crippen molar-refractivity contribution in [3.05, 3.63) is 52.1 Å². The fourth-order valence-corrected chi connectivity index (χ4v) is 2.74. The predicted octanol–water partition coefficient (Wildman–Crippen LogP) is 3.50. The molecule has 0 saturated heterocycles. The van der Waals surface area contributed by atoms with Gasteiger partial charge in [0.15, 0.2) is 0 Å². The molecule has 19 heavy (non-hydrogen) atoms.